The molecule has 116 valence electrons. The van der Waals surface area contributed by atoms with Gasteiger partial charge in [-0.2, -0.15) is 0 Å². The summed E-state index contributed by atoms with van der Waals surface area (Å²) in [5.74, 6) is 0.0799. The maximum atomic E-state index is 11.9. The number of carbonyl (C=O) groups is 1. The van der Waals surface area contributed by atoms with Crippen LogP contribution in [0.2, 0.25) is 5.02 Å². The number of likely N-dealkylation sites (tertiary alicyclic amines) is 1. The van der Waals surface area contributed by atoms with Gasteiger partial charge in [-0.3, -0.25) is 9.59 Å². The van der Waals surface area contributed by atoms with Gasteiger partial charge in [0.2, 0.25) is 0 Å². The third-order valence-corrected chi connectivity index (χ3v) is 3.98. The molecule has 1 aromatic heterocycles. The first-order valence-electron chi connectivity index (χ1n) is 7.10. The zero-order valence-corrected chi connectivity index (χ0v) is 12.5. The first kappa shape index (κ1) is 16.0. The Balaban J connectivity index is 1.78. The molecule has 0 bridgehead atoms. The van der Waals surface area contributed by atoms with Crippen LogP contribution < -0.4 is 10.9 Å². The highest BCUT2D eigenvalue weighted by molar-refractivity contribution is 6.30. The summed E-state index contributed by atoms with van der Waals surface area (Å²) in [4.78, 5) is 27.7. The lowest BCUT2D eigenvalue weighted by atomic mass is 9.99. The highest BCUT2D eigenvalue weighted by atomic mass is 35.5. The Kier molecular flexibility index (Phi) is 5.78. The molecule has 1 atom stereocenters. The van der Waals surface area contributed by atoms with Crippen LogP contribution in [0.4, 0.5) is 0 Å². The summed E-state index contributed by atoms with van der Waals surface area (Å²) in [6.07, 6.45) is 3.50. The van der Waals surface area contributed by atoms with E-state index in [1.165, 1.54) is 12.3 Å². The molecule has 7 heteroatoms. The Morgan fingerprint density at radius 1 is 1.57 bits per heavy atom. The van der Waals surface area contributed by atoms with E-state index < -0.39 is 5.56 Å². The van der Waals surface area contributed by atoms with E-state index in [2.05, 4.69) is 15.2 Å². The van der Waals surface area contributed by atoms with Crippen molar-refractivity contribution in [2.45, 2.75) is 12.8 Å². The molecule has 0 saturated carbocycles. The zero-order chi connectivity index (χ0) is 15.2. The Morgan fingerprint density at radius 3 is 3.10 bits per heavy atom. The molecule has 2 heterocycles. The lowest BCUT2D eigenvalue weighted by Gasteiger charge is -2.31. The minimum Gasteiger partial charge on any atom is -0.396 e. The average molecular weight is 314 g/mol. The number of amides is 1. The number of nitrogens with zero attached hydrogens (tertiary/aromatic N) is 1. The highest BCUT2D eigenvalue weighted by Gasteiger charge is 2.18. The number of hydrogen-bond donors (Lipinski definition) is 3. The molecule has 0 radical (unpaired) electrons. The van der Waals surface area contributed by atoms with Crippen LogP contribution in [0.1, 0.15) is 23.2 Å². The third kappa shape index (κ3) is 4.56. The van der Waals surface area contributed by atoms with E-state index in [0.717, 1.165) is 32.5 Å². The summed E-state index contributed by atoms with van der Waals surface area (Å²) < 4.78 is 0. The lowest BCUT2D eigenvalue weighted by molar-refractivity contribution is 0.0930. The Morgan fingerprint density at radius 2 is 2.38 bits per heavy atom. The molecule has 1 aliphatic rings. The van der Waals surface area contributed by atoms with Crippen LogP contribution in [0.3, 0.4) is 0 Å². The normalized spacial score (nSPS) is 19.4. The quantitative estimate of drug-likeness (QED) is 0.737. The molecule has 1 fully saturated rings. The van der Waals surface area contributed by atoms with Gasteiger partial charge in [-0.05, 0) is 31.4 Å². The highest BCUT2D eigenvalue weighted by Crippen LogP contribution is 2.14. The van der Waals surface area contributed by atoms with Gasteiger partial charge in [0.1, 0.15) is 5.02 Å². The Bertz CT molecular complexity index is 547. The van der Waals surface area contributed by atoms with Crippen LogP contribution in [-0.4, -0.2) is 53.7 Å². The van der Waals surface area contributed by atoms with Crippen molar-refractivity contribution in [2.24, 2.45) is 5.92 Å². The topological polar surface area (TPSA) is 85.4 Å². The standard InChI is InChI=1S/C14H20ClN3O3/c15-12-6-11(7-17-14(12)21)13(20)16-3-5-18-4-1-2-10(8-18)9-19/h6-7,10,19H,1-5,8-9H2,(H,16,20)(H,17,21)/t10-/m1/s1. The largest absolute Gasteiger partial charge is 0.396 e. The molecule has 1 saturated heterocycles. The molecular weight excluding hydrogens is 294 g/mol. The monoisotopic (exact) mass is 313 g/mol. The van der Waals surface area contributed by atoms with Gasteiger partial charge in [0.25, 0.3) is 11.5 Å². The van der Waals surface area contributed by atoms with Gasteiger partial charge < -0.3 is 20.3 Å². The first-order valence-corrected chi connectivity index (χ1v) is 7.47. The van der Waals surface area contributed by atoms with E-state index in [9.17, 15) is 14.7 Å². The van der Waals surface area contributed by atoms with Gasteiger partial charge in [0, 0.05) is 32.4 Å². The van der Waals surface area contributed by atoms with Crippen LogP contribution in [-0.2, 0) is 0 Å². The molecule has 1 aromatic rings. The molecule has 3 N–H and O–H groups in total. The first-order chi connectivity index (χ1) is 10.1. The fourth-order valence-electron chi connectivity index (χ4n) is 2.52. The summed E-state index contributed by atoms with van der Waals surface area (Å²) in [6, 6.07) is 1.36. The van der Waals surface area contributed by atoms with Crippen LogP contribution >= 0.6 is 11.6 Å². The van der Waals surface area contributed by atoms with Crippen molar-refractivity contribution in [3.63, 3.8) is 0 Å². The van der Waals surface area contributed by atoms with Crippen LogP contribution in [0.5, 0.6) is 0 Å². The predicted molar refractivity (Wildman–Crippen MR) is 80.7 cm³/mol. The lowest BCUT2D eigenvalue weighted by Crippen LogP contribution is -2.41. The molecule has 0 unspecified atom stereocenters. The van der Waals surface area contributed by atoms with E-state index in [0.29, 0.717) is 18.0 Å². The maximum Gasteiger partial charge on any atom is 0.266 e. The van der Waals surface area contributed by atoms with Crippen molar-refractivity contribution >= 4 is 17.5 Å². The fraction of sp³-hybridized carbons (Fsp3) is 0.571. The molecule has 0 spiro atoms. The molecule has 2 rings (SSSR count). The van der Waals surface area contributed by atoms with Crippen LogP contribution in [0.15, 0.2) is 17.1 Å². The van der Waals surface area contributed by atoms with E-state index in [-0.39, 0.29) is 17.5 Å². The zero-order valence-electron chi connectivity index (χ0n) is 11.8. The Hall–Kier alpha value is -1.37. The maximum absolute atomic E-state index is 11.9. The van der Waals surface area contributed by atoms with Gasteiger partial charge in [-0.15, -0.1) is 0 Å². The number of nitrogens with one attached hydrogen (secondary N) is 2. The number of pyridine rings is 1. The molecule has 0 aliphatic carbocycles. The van der Waals surface area contributed by atoms with Crippen molar-refractivity contribution in [3.05, 3.63) is 33.2 Å². The number of aromatic amines is 1. The second-order valence-corrected chi connectivity index (χ2v) is 5.72. The molecule has 1 aliphatic heterocycles. The van der Waals surface area contributed by atoms with Crippen molar-refractivity contribution in [1.82, 2.24) is 15.2 Å². The second kappa shape index (κ2) is 7.59. The average Bonchev–Trinajstić information content (AvgIpc) is 2.50. The van der Waals surface area contributed by atoms with Crippen LogP contribution in [0.25, 0.3) is 0 Å². The third-order valence-electron chi connectivity index (χ3n) is 3.69. The number of aliphatic hydroxyl groups excluding tert-OH is 1. The number of piperidine rings is 1. The molecule has 0 aromatic carbocycles. The van der Waals surface area contributed by atoms with Crippen molar-refractivity contribution < 1.29 is 9.90 Å². The summed E-state index contributed by atoms with van der Waals surface area (Å²) in [5.41, 5.74) is -0.0666. The minimum absolute atomic E-state index is 0.00414. The van der Waals surface area contributed by atoms with E-state index in [1.54, 1.807) is 0 Å². The number of rotatable bonds is 5. The number of H-pyrrole nitrogens is 1. The summed E-state index contributed by atoms with van der Waals surface area (Å²) in [7, 11) is 0. The number of halogens is 1. The molecule has 1 amide bonds. The van der Waals surface area contributed by atoms with E-state index in [4.69, 9.17) is 11.6 Å². The van der Waals surface area contributed by atoms with Crippen molar-refractivity contribution in [1.29, 1.82) is 0 Å². The molecular formula is C14H20ClN3O3. The predicted octanol–water partition coefficient (Wildman–Crippen LogP) is 0.462. The van der Waals surface area contributed by atoms with E-state index in [1.807, 2.05) is 0 Å². The molecule has 21 heavy (non-hydrogen) atoms. The number of aromatic nitrogens is 1. The summed E-state index contributed by atoms with van der Waals surface area (Å²) >= 11 is 5.69. The van der Waals surface area contributed by atoms with Crippen LogP contribution in [0, 0.1) is 5.92 Å². The van der Waals surface area contributed by atoms with Gasteiger partial charge in [0.15, 0.2) is 0 Å². The second-order valence-electron chi connectivity index (χ2n) is 5.31. The van der Waals surface area contributed by atoms with Crippen molar-refractivity contribution in [2.75, 3.05) is 32.8 Å². The minimum atomic E-state index is -0.406. The van der Waals surface area contributed by atoms with E-state index >= 15 is 0 Å². The summed E-state index contributed by atoms with van der Waals surface area (Å²) in [6.45, 7) is 3.36. The fourth-order valence-corrected chi connectivity index (χ4v) is 2.69. The van der Waals surface area contributed by atoms with Gasteiger partial charge in [0.05, 0.1) is 5.56 Å². The van der Waals surface area contributed by atoms with Gasteiger partial charge >= 0.3 is 0 Å². The number of hydrogen-bond acceptors (Lipinski definition) is 4. The molecule has 6 nitrogen and oxygen atoms in total. The van der Waals surface area contributed by atoms with Gasteiger partial charge in [-0.25, -0.2) is 0 Å². The van der Waals surface area contributed by atoms with Gasteiger partial charge in [-0.1, -0.05) is 11.6 Å². The number of carbonyl (C=O) groups excluding carboxylic acids is 1. The smallest absolute Gasteiger partial charge is 0.266 e. The SMILES string of the molecule is O=C(NCCN1CCC[C@@H](CO)C1)c1c[nH]c(=O)c(Cl)c1. The van der Waals surface area contributed by atoms with Crippen molar-refractivity contribution in [3.8, 4) is 0 Å². The summed E-state index contributed by atoms with van der Waals surface area (Å²) in [5, 5.41) is 12.0. The number of aliphatic hydroxyl groups is 1. The Labute approximate surface area is 128 Å².